The summed E-state index contributed by atoms with van der Waals surface area (Å²) in [7, 11) is 1.77. The molecule has 5 nitrogen and oxygen atoms in total. The maximum absolute atomic E-state index is 5.54. The van der Waals surface area contributed by atoms with Crippen LogP contribution in [0.3, 0.4) is 0 Å². The summed E-state index contributed by atoms with van der Waals surface area (Å²) in [4.78, 5) is 9.82. The van der Waals surface area contributed by atoms with Crippen LogP contribution in [0.5, 0.6) is 0 Å². The van der Waals surface area contributed by atoms with Crippen molar-refractivity contribution in [2.24, 2.45) is 4.99 Å². The van der Waals surface area contributed by atoms with Gasteiger partial charge in [0.15, 0.2) is 5.96 Å². The third-order valence-corrected chi connectivity index (χ3v) is 4.99. The molecule has 0 bridgehead atoms. The first-order valence-electron chi connectivity index (χ1n) is 8.65. The Morgan fingerprint density at radius 2 is 2.11 bits per heavy atom. The monoisotopic (exact) mass is 496 g/mol. The summed E-state index contributed by atoms with van der Waals surface area (Å²) >= 11 is 1.62. The standard InChI is InChI=1S/C20H24N4OS.HI/c1-14-6-4-7-16(10-14)15(2)11-22-20(21-3)23-12-17-13-25-19(24-17)18-8-5-9-26-18;/h4-10,13,15H,11-12H2,1-3H3,(H2,21,22,23);1H. The van der Waals surface area contributed by atoms with Crippen molar-refractivity contribution in [2.45, 2.75) is 26.3 Å². The molecule has 144 valence electrons. The van der Waals surface area contributed by atoms with Crippen molar-refractivity contribution in [3.63, 3.8) is 0 Å². The fraction of sp³-hybridized carbons (Fsp3) is 0.300. The lowest BCUT2D eigenvalue weighted by Crippen LogP contribution is -2.38. The number of rotatable bonds is 6. The fourth-order valence-electron chi connectivity index (χ4n) is 2.64. The lowest BCUT2D eigenvalue weighted by Gasteiger charge is -2.16. The van der Waals surface area contributed by atoms with E-state index in [-0.39, 0.29) is 24.0 Å². The van der Waals surface area contributed by atoms with E-state index in [0.29, 0.717) is 18.4 Å². The third-order valence-electron chi connectivity index (χ3n) is 4.13. The SMILES string of the molecule is CN=C(NCc1coc(-c2cccs2)n1)NCC(C)c1cccc(C)c1.I. The molecule has 0 amide bonds. The van der Waals surface area contributed by atoms with Gasteiger partial charge in [-0.2, -0.15) is 0 Å². The van der Waals surface area contributed by atoms with Crippen LogP contribution in [0.15, 0.2) is 57.5 Å². The summed E-state index contributed by atoms with van der Waals surface area (Å²) in [5.74, 6) is 1.81. The Morgan fingerprint density at radius 1 is 1.26 bits per heavy atom. The Labute approximate surface area is 181 Å². The Hall–Kier alpha value is -1.87. The highest BCUT2D eigenvalue weighted by molar-refractivity contribution is 14.0. The number of aryl methyl sites for hydroxylation is 1. The zero-order valence-electron chi connectivity index (χ0n) is 15.7. The minimum Gasteiger partial charge on any atom is -0.443 e. The minimum absolute atomic E-state index is 0. The van der Waals surface area contributed by atoms with Crippen molar-refractivity contribution in [1.82, 2.24) is 15.6 Å². The largest absolute Gasteiger partial charge is 0.443 e. The number of halogens is 1. The summed E-state index contributed by atoms with van der Waals surface area (Å²) in [6, 6.07) is 12.6. The molecule has 2 heterocycles. The highest BCUT2D eigenvalue weighted by atomic mass is 127. The minimum atomic E-state index is 0. The van der Waals surface area contributed by atoms with Crippen molar-refractivity contribution in [2.75, 3.05) is 13.6 Å². The number of benzene rings is 1. The molecule has 0 aliphatic carbocycles. The number of thiophene rings is 1. The first-order chi connectivity index (χ1) is 12.7. The van der Waals surface area contributed by atoms with Crippen molar-refractivity contribution < 1.29 is 4.42 Å². The van der Waals surface area contributed by atoms with Crippen molar-refractivity contribution in [3.05, 3.63) is 64.9 Å². The summed E-state index contributed by atoms with van der Waals surface area (Å²) in [6.07, 6.45) is 1.69. The van der Waals surface area contributed by atoms with Crippen LogP contribution in [-0.4, -0.2) is 24.5 Å². The number of aliphatic imine (C=N–C) groups is 1. The smallest absolute Gasteiger partial charge is 0.236 e. The van der Waals surface area contributed by atoms with Crippen LogP contribution in [0.1, 0.15) is 29.7 Å². The number of aromatic nitrogens is 1. The first-order valence-corrected chi connectivity index (χ1v) is 9.53. The van der Waals surface area contributed by atoms with E-state index < -0.39 is 0 Å². The summed E-state index contributed by atoms with van der Waals surface area (Å²) in [5.41, 5.74) is 3.46. The normalized spacial score (nSPS) is 12.3. The number of hydrogen-bond acceptors (Lipinski definition) is 4. The van der Waals surface area contributed by atoms with Gasteiger partial charge in [-0.15, -0.1) is 35.3 Å². The van der Waals surface area contributed by atoms with Crippen molar-refractivity contribution in [1.29, 1.82) is 0 Å². The molecule has 0 fully saturated rings. The topological polar surface area (TPSA) is 62.5 Å². The molecule has 0 aliphatic rings. The lowest BCUT2D eigenvalue weighted by molar-refractivity contribution is 0.573. The van der Waals surface area contributed by atoms with Crippen LogP contribution in [-0.2, 0) is 6.54 Å². The predicted octanol–water partition coefficient (Wildman–Crippen LogP) is 4.80. The van der Waals surface area contributed by atoms with Crippen molar-refractivity contribution >= 4 is 41.3 Å². The second kappa shape index (κ2) is 10.5. The highest BCUT2D eigenvalue weighted by Crippen LogP contribution is 2.23. The second-order valence-electron chi connectivity index (χ2n) is 6.24. The van der Waals surface area contributed by atoms with E-state index in [4.69, 9.17) is 4.42 Å². The number of hydrogen-bond donors (Lipinski definition) is 2. The quantitative estimate of drug-likeness (QED) is 0.293. The van der Waals surface area contributed by atoms with Crippen LogP contribution >= 0.6 is 35.3 Å². The van der Waals surface area contributed by atoms with Gasteiger partial charge in [0.2, 0.25) is 5.89 Å². The summed E-state index contributed by atoms with van der Waals surface area (Å²) < 4.78 is 5.54. The molecule has 0 spiro atoms. The zero-order chi connectivity index (χ0) is 18.4. The van der Waals surface area contributed by atoms with Gasteiger partial charge in [0, 0.05) is 13.6 Å². The molecule has 0 saturated heterocycles. The molecular formula is C20H25IN4OS. The Bertz CT molecular complexity index is 861. The average Bonchev–Trinajstić information content (AvgIpc) is 3.33. The second-order valence-corrected chi connectivity index (χ2v) is 7.19. The van der Waals surface area contributed by atoms with E-state index in [1.54, 1.807) is 24.6 Å². The van der Waals surface area contributed by atoms with E-state index >= 15 is 0 Å². The maximum atomic E-state index is 5.54. The van der Waals surface area contributed by atoms with Crippen molar-refractivity contribution in [3.8, 4) is 10.8 Å². The van der Waals surface area contributed by atoms with E-state index in [9.17, 15) is 0 Å². The van der Waals surface area contributed by atoms with Gasteiger partial charge in [0.25, 0.3) is 0 Å². The summed E-state index contributed by atoms with van der Waals surface area (Å²) in [5, 5.41) is 8.67. The fourth-order valence-corrected chi connectivity index (χ4v) is 3.30. The first kappa shape index (κ1) is 21.4. The van der Waals surface area contributed by atoms with Gasteiger partial charge in [-0.3, -0.25) is 4.99 Å². The Morgan fingerprint density at radius 3 is 2.81 bits per heavy atom. The number of nitrogens with one attached hydrogen (secondary N) is 2. The van der Waals surface area contributed by atoms with Gasteiger partial charge in [0.1, 0.15) is 6.26 Å². The van der Waals surface area contributed by atoms with Gasteiger partial charge in [-0.1, -0.05) is 42.8 Å². The molecule has 27 heavy (non-hydrogen) atoms. The van der Waals surface area contributed by atoms with E-state index in [2.05, 4.69) is 58.7 Å². The van der Waals surface area contributed by atoms with E-state index in [1.807, 2.05) is 17.5 Å². The third kappa shape index (κ3) is 6.07. The van der Waals surface area contributed by atoms with E-state index in [1.165, 1.54) is 11.1 Å². The lowest BCUT2D eigenvalue weighted by atomic mass is 9.99. The molecule has 7 heteroatoms. The molecule has 2 N–H and O–H groups in total. The van der Waals surface area contributed by atoms with Gasteiger partial charge >= 0.3 is 0 Å². The molecule has 1 atom stereocenters. The molecule has 1 unspecified atom stereocenters. The predicted molar refractivity (Wildman–Crippen MR) is 123 cm³/mol. The van der Waals surface area contributed by atoms with Gasteiger partial charge in [-0.05, 0) is 29.9 Å². The van der Waals surface area contributed by atoms with Crippen LogP contribution < -0.4 is 10.6 Å². The van der Waals surface area contributed by atoms with Crippen LogP contribution in [0.4, 0.5) is 0 Å². The molecule has 0 aliphatic heterocycles. The number of guanidine groups is 1. The molecule has 0 radical (unpaired) electrons. The molecular weight excluding hydrogens is 471 g/mol. The van der Waals surface area contributed by atoms with Gasteiger partial charge < -0.3 is 15.1 Å². The van der Waals surface area contributed by atoms with E-state index in [0.717, 1.165) is 23.1 Å². The average molecular weight is 496 g/mol. The number of nitrogens with zero attached hydrogens (tertiary/aromatic N) is 2. The van der Waals surface area contributed by atoms with Gasteiger partial charge in [0.05, 0.1) is 17.1 Å². The Kier molecular flexibility index (Phi) is 8.30. The van der Waals surface area contributed by atoms with Crippen LogP contribution in [0.25, 0.3) is 10.8 Å². The molecule has 1 aromatic carbocycles. The number of oxazole rings is 1. The highest BCUT2D eigenvalue weighted by Gasteiger charge is 2.09. The molecule has 2 aromatic heterocycles. The maximum Gasteiger partial charge on any atom is 0.236 e. The van der Waals surface area contributed by atoms with Crippen LogP contribution in [0.2, 0.25) is 0 Å². The Balaban J connectivity index is 0.00000261. The molecule has 3 rings (SSSR count). The molecule has 3 aromatic rings. The van der Waals surface area contributed by atoms with Crippen LogP contribution in [0, 0.1) is 6.92 Å². The molecule has 0 saturated carbocycles. The summed E-state index contributed by atoms with van der Waals surface area (Å²) in [6.45, 7) is 5.70. The zero-order valence-corrected chi connectivity index (χ0v) is 18.9. The van der Waals surface area contributed by atoms with Gasteiger partial charge in [-0.25, -0.2) is 4.98 Å².